The molecule has 1 unspecified atom stereocenters. The summed E-state index contributed by atoms with van der Waals surface area (Å²) in [5, 5.41) is 5.71. The maximum absolute atomic E-state index is 11.1. The van der Waals surface area contributed by atoms with Crippen molar-refractivity contribution in [3.8, 4) is 0 Å². The summed E-state index contributed by atoms with van der Waals surface area (Å²) in [5.74, 6) is -0.434. The van der Waals surface area contributed by atoms with Gasteiger partial charge in [0.05, 0.1) is 11.0 Å². The molecular formula is C12H10N4O. The van der Waals surface area contributed by atoms with E-state index in [9.17, 15) is 4.79 Å². The number of carbonyl (C=O) groups excluding carboxylic acids is 1. The van der Waals surface area contributed by atoms with Crippen LogP contribution in [-0.2, 0) is 4.79 Å². The summed E-state index contributed by atoms with van der Waals surface area (Å²) in [5.41, 5.74) is 9.98. The van der Waals surface area contributed by atoms with Crippen molar-refractivity contribution in [1.29, 1.82) is 0 Å². The number of allylic oxidation sites excluding steroid dienone is 1. The largest absolute Gasteiger partial charge is 0.368 e. The number of hydrogen-bond acceptors (Lipinski definition) is 4. The van der Waals surface area contributed by atoms with Gasteiger partial charge in [-0.15, -0.1) is 0 Å². The molecule has 0 saturated carbocycles. The highest BCUT2D eigenvalue weighted by atomic mass is 16.1. The summed E-state index contributed by atoms with van der Waals surface area (Å²) in [6.45, 7) is 0. The Bertz CT molecular complexity index is 672. The van der Waals surface area contributed by atoms with Gasteiger partial charge in [0.2, 0.25) is 5.91 Å². The number of amides is 1. The second kappa shape index (κ2) is 3.55. The van der Waals surface area contributed by atoms with Crippen LogP contribution in [0.5, 0.6) is 0 Å². The average Bonchev–Trinajstić information content (AvgIpc) is 2.61. The second-order valence-corrected chi connectivity index (χ2v) is 3.86. The van der Waals surface area contributed by atoms with Gasteiger partial charge in [-0.3, -0.25) is 15.2 Å². The van der Waals surface area contributed by atoms with E-state index in [1.54, 1.807) is 12.3 Å². The predicted octanol–water partition coefficient (Wildman–Crippen LogP) is -0.621. The van der Waals surface area contributed by atoms with Crippen LogP contribution in [0.2, 0.25) is 0 Å². The molecule has 17 heavy (non-hydrogen) atoms. The Morgan fingerprint density at radius 3 is 3.12 bits per heavy atom. The van der Waals surface area contributed by atoms with Gasteiger partial charge in [-0.1, -0.05) is 6.07 Å². The van der Waals surface area contributed by atoms with Crippen LogP contribution in [0, 0.1) is 0 Å². The number of anilines is 1. The van der Waals surface area contributed by atoms with E-state index in [1.165, 1.54) is 0 Å². The zero-order valence-electron chi connectivity index (χ0n) is 8.92. The number of nitrogens with two attached hydrogens (primary N) is 1. The molecule has 0 aromatic heterocycles. The van der Waals surface area contributed by atoms with Crippen molar-refractivity contribution >= 4 is 30.0 Å². The third-order valence-corrected chi connectivity index (χ3v) is 2.75. The molecule has 1 amide bonds. The number of carbonyl (C=O) groups is 1. The van der Waals surface area contributed by atoms with E-state index in [4.69, 9.17) is 5.73 Å². The van der Waals surface area contributed by atoms with Crippen LogP contribution in [0.1, 0.15) is 5.56 Å². The van der Waals surface area contributed by atoms with Gasteiger partial charge in [-0.25, -0.2) is 0 Å². The average molecular weight is 226 g/mol. The number of benzene rings is 1. The second-order valence-electron chi connectivity index (χ2n) is 3.86. The number of nitrogens with one attached hydrogen (secondary N) is 1. The quantitative estimate of drug-likeness (QED) is 0.669. The fourth-order valence-corrected chi connectivity index (χ4v) is 1.95. The molecule has 3 rings (SSSR count). The third-order valence-electron chi connectivity index (χ3n) is 2.75. The van der Waals surface area contributed by atoms with Crippen LogP contribution in [0.15, 0.2) is 28.3 Å². The van der Waals surface area contributed by atoms with Crippen molar-refractivity contribution < 1.29 is 4.79 Å². The Labute approximate surface area is 97.0 Å². The molecule has 0 spiro atoms. The van der Waals surface area contributed by atoms with Crippen molar-refractivity contribution in [2.24, 2.45) is 15.8 Å². The van der Waals surface area contributed by atoms with Crippen molar-refractivity contribution in [2.45, 2.75) is 6.04 Å². The number of hydrogen-bond donors (Lipinski definition) is 2. The zero-order chi connectivity index (χ0) is 11.8. The molecule has 1 aromatic rings. The first-order chi connectivity index (χ1) is 8.25. The molecule has 84 valence electrons. The fraction of sp³-hybridized carbons (Fsp3) is 0.0833. The molecule has 0 radical (unpaired) electrons. The Balaban J connectivity index is 2.27. The Kier molecular flexibility index (Phi) is 2.04. The summed E-state index contributed by atoms with van der Waals surface area (Å²) in [6, 6.07) is 3.26. The van der Waals surface area contributed by atoms with Gasteiger partial charge >= 0.3 is 0 Å². The maximum atomic E-state index is 11.1. The van der Waals surface area contributed by atoms with Gasteiger partial charge in [0.15, 0.2) is 0 Å². The van der Waals surface area contributed by atoms with Gasteiger partial charge < -0.3 is 5.73 Å². The molecule has 0 fully saturated rings. The highest BCUT2D eigenvalue weighted by Gasteiger charge is 2.17. The summed E-state index contributed by atoms with van der Waals surface area (Å²) in [4.78, 5) is 15.5. The number of hydrazone groups is 1. The van der Waals surface area contributed by atoms with E-state index in [0.29, 0.717) is 0 Å². The molecule has 1 aromatic carbocycles. The lowest BCUT2D eigenvalue weighted by Crippen LogP contribution is -2.25. The van der Waals surface area contributed by atoms with Crippen LogP contribution < -0.4 is 21.7 Å². The smallest absolute Gasteiger partial charge is 0.246 e. The van der Waals surface area contributed by atoms with Crippen LogP contribution in [-0.4, -0.2) is 18.2 Å². The molecule has 5 nitrogen and oxygen atoms in total. The number of rotatable bonds is 1. The highest BCUT2D eigenvalue weighted by molar-refractivity contribution is 5.88. The first-order valence-corrected chi connectivity index (χ1v) is 5.23. The van der Waals surface area contributed by atoms with Gasteiger partial charge in [-0.2, -0.15) is 5.10 Å². The Hall–Kier alpha value is -2.43. The maximum Gasteiger partial charge on any atom is 0.246 e. The lowest BCUT2D eigenvalue weighted by molar-refractivity contribution is -0.117. The SMILES string of the molecule is NC(=O)C1C=c2ccc3c(c2=N1)C=CC=NN3. The summed E-state index contributed by atoms with van der Waals surface area (Å²) >= 11 is 0. The molecule has 1 atom stereocenters. The third kappa shape index (κ3) is 1.52. The van der Waals surface area contributed by atoms with Crippen LogP contribution in [0.25, 0.3) is 12.2 Å². The molecule has 0 saturated heterocycles. The van der Waals surface area contributed by atoms with Crippen molar-refractivity contribution in [1.82, 2.24) is 0 Å². The molecule has 3 N–H and O–H groups in total. The Morgan fingerprint density at radius 2 is 2.29 bits per heavy atom. The minimum Gasteiger partial charge on any atom is -0.368 e. The van der Waals surface area contributed by atoms with Crippen molar-refractivity contribution in [3.63, 3.8) is 0 Å². The van der Waals surface area contributed by atoms with Crippen LogP contribution >= 0.6 is 0 Å². The number of nitrogens with zero attached hydrogens (tertiary/aromatic N) is 2. The lowest BCUT2D eigenvalue weighted by atomic mass is 10.1. The molecule has 0 aliphatic carbocycles. The first kappa shape index (κ1) is 9.77. The van der Waals surface area contributed by atoms with Gasteiger partial charge in [0, 0.05) is 11.8 Å². The van der Waals surface area contributed by atoms with E-state index >= 15 is 0 Å². The van der Waals surface area contributed by atoms with E-state index in [-0.39, 0.29) is 0 Å². The first-order valence-electron chi connectivity index (χ1n) is 5.23. The molecule has 2 aliphatic heterocycles. The summed E-state index contributed by atoms with van der Waals surface area (Å²) in [6.07, 6.45) is 7.18. The van der Waals surface area contributed by atoms with Gasteiger partial charge in [0.1, 0.15) is 6.04 Å². The molecular weight excluding hydrogens is 216 g/mol. The highest BCUT2D eigenvalue weighted by Crippen LogP contribution is 2.14. The van der Waals surface area contributed by atoms with Crippen molar-refractivity contribution in [3.05, 3.63) is 34.3 Å². The number of fused-ring (bicyclic) bond motifs is 3. The van der Waals surface area contributed by atoms with E-state index in [2.05, 4.69) is 15.5 Å². The normalized spacial score (nSPS) is 19.4. The van der Waals surface area contributed by atoms with Crippen molar-refractivity contribution in [2.75, 3.05) is 5.43 Å². The topological polar surface area (TPSA) is 79.8 Å². The van der Waals surface area contributed by atoms with Crippen LogP contribution in [0.4, 0.5) is 5.69 Å². The Morgan fingerprint density at radius 1 is 1.41 bits per heavy atom. The summed E-state index contributed by atoms with van der Waals surface area (Å²) in [7, 11) is 0. The standard InChI is InChI=1S/C12H10N4O/c13-12(17)10-6-7-3-4-9-8(11(7)15-10)2-1-5-14-16-9/h1-6,10,16H,(H2,13,17). The minimum atomic E-state index is -0.561. The molecule has 2 heterocycles. The van der Waals surface area contributed by atoms with E-state index in [1.807, 2.05) is 24.3 Å². The van der Waals surface area contributed by atoms with E-state index in [0.717, 1.165) is 21.8 Å². The molecule has 2 aliphatic rings. The number of primary amides is 1. The zero-order valence-corrected chi connectivity index (χ0v) is 8.92. The fourth-order valence-electron chi connectivity index (χ4n) is 1.95. The minimum absolute atomic E-state index is 0.434. The molecule has 0 bridgehead atoms. The van der Waals surface area contributed by atoms with Gasteiger partial charge in [0.25, 0.3) is 0 Å². The predicted molar refractivity (Wildman–Crippen MR) is 65.8 cm³/mol. The van der Waals surface area contributed by atoms with E-state index < -0.39 is 11.9 Å². The monoisotopic (exact) mass is 226 g/mol. The lowest BCUT2D eigenvalue weighted by Gasteiger charge is -2.02. The van der Waals surface area contributed by atoms with Crippen LogP contribution in [0.3, 0.4) is 0 Å². The van der Waals surface area contributed by atoms with Gasteiger partial charge in [-0.05, 0) is 29.5 Å². The molecule has 5 heteroatoms. The summed E-state index contributed by atoms with van der Waals surface area (Å²) < 4.78 is 0.